The summed E-state index contributed by atoms with van der Waals surface area (Å²) in [6.45, 7) is 8.95. The number of rotatable bonds is 4. The van der Waals surface area contributed by atoms with E-state index in [0.717, 1.165) is 27.2 Å². The monoisotopic (exact) mass is 382 g/mol. The van der Waals surface area contributed by atoms with Crippen LogP contribution in [-0.2, 0) is 10.3 Å². The van der Waals surface area contributed by atoms with Gasteiger partial charge in [0.1, 0.15) is 11.4 Å². The van der Waals surface area contributed by atoms with Crippen molar-refractivity contribution in [3.05, 3.63) is 69.5 Å². The molecule has 6 heteroatoms. The predicted octanol–water partition coefficient (Wildman–Crippen LogP) is 3.71. The van der Waals surface area contributed by atoms with Crippen LogP contribution in [0, 0.1) is 33.5 Å². The van der Waals surface area contributed by atoms with Crippen molar-refractivity contribution in [3.63, 3.8) is 0 Å². The molecule has 5 nitrogen and oxygen atoms in total. The standard InChI is InChI=1S/C22H23FN2O3/c1-12-10-18(15(4)14(3)13(12)2)19(26)11-25-20(27)22(5,24-21(25)28)16-6-8-17(23)9-7-16/h6-10H,11H2,1-5H3,(H,24,28). The highest BCUT2D eigenvalue weighted by Gasteiger charge is 2.49. The topological polar surface area (TPSA) is 66.5 Å². The van der Waals surface area contributed by atoms with E-state index in [4.69, 9.17) is 0 Å². The lowest BCUT2D eigenvalue weighted by Gasteiger charge is -2.22. The van der Waals surface area contributed by atoms with Gasteiger partial charge in [-0.3, -0.25) is 14.5 Å². The van der Waals surface area contributed by atoms with Gasteiger partial charge in [-0.05, 0) is 80.6 Å². The van der Waals surface area contributed by atoms with Crippen LogP contribution < -0.4 is 5.32 Å². The van der Waals surface area contributed by atoms with Crippen molar-refractivity contribution < 1.29 is 18.8 Å². The minimum atomic E-state index is -1.33. The Hall–Kier alpha value is -3.02. The summed E-state index contributed by atoms with van der Waals surface area (Å²) < 4.78 is 13.2. The molecule has 1 aliphatic heterocycles. The molecular formula is C22H23FN2O3. The Morgan fingerprint density at radius 1 is 1.04 bits per heavy atom. The molecule has 3 rings (SSSR count). The van der Waals surface area contributed by atoms with Crippen molar-refractivity contribution in [2.45, 2.75) is 40.2 Å². The van der Waals surface area contributed by atoms with Gasteiger partial charge in [-0.2, -0.15) is 0 Å². The number of Topliss-reactive ketones (excluding diaryl/α,β-unsaturated/α-hetero) is 1. The fraction of sp³-hybridized carbons (Fsp3) is 0.318. The van der Waals surface area contributed by atoms with Crippen LogP contribution in [0.3, 0.4) is 0 Å². The number of carbonyl (C=O) groups excluding carboxylic acids is 3. The maximum Gasteiger partial charge on any atom is 0.325 e. The molecule has 0 radical (unpaired) electrons. The van der Waals surface area contributed by atoms with Crippen molar-refractivity contribution in [1.82, 2.24) is 10.2 Å². The van der Waals surface area contributed by atoms with Crippen LogP contribution in [-0.4, -0.2) is 29.2 Å². The number of amides is 3. The highest BCUT2D eigenvalue weighted by atomic mass is 19.1. The number of benzene rings is 2. The van der Waals surface area contributed by atoms with Crippen LogP contribution >= 0.6 is 0 Å². The number of hydrogen-bond donors (Lipinski definition) is 1. The van der Waals surface area contributed by atoms with Gasteiger partial charge in [0.05, 0.1) is 6.54 Å². The lowest BCUT2D eigenvalue weighted by Crippen LogP contribution is -2.41. The van der Waals surface area contributed by atoms with E-state index >= 15 is 0 Å². The Bertz CT molecular complexity index is 998. The van der Waals surface area contributed by atoms with Gasteiger partial charge in [0.2, 0.25) is 0 Å². The van der Waals surface area contributed by atoms with Gasteiger partial charge in [-0.1, -0.05) is 12.1 Å². The average Bonchev–Trinajstić information content (AvgIpc) is 2.87. The first-order valence-corrected chi connectivity index (χ1v) is 9.07. The first-order valence-electron chi connectivity index (χ1n) is 9.07. The molecule has 0 aliphatic carbocycles. The second-order valence-electron chi connectivity index (χ2n) is 7.49. The van der Waals surface area contributed by atoms with E-state index in [1.165, 1.54) is 24.3 Å². The summed E-state index contributed by atoms with van der Waals surface area (Å²) in [5.74, 6) is -1.26. The summed E-state index contributed by atoms with van der Waals surface area (Å²) in [7, 11) is 0. The number of nitrogens with one attached hydrogen (secondary N) is 1. The lowest BCUT2D eigenvalue weighted by molar-refractivity contribution is -0.130. The summed E-state index contributed by atoms with van der Waals surface area (Å²) in [5, 5.41) is 2.63. The SMILES string of the molecule is Cc1cc(C(=O)CN2C(=O)NC(C)(c3ccc(F)cc3)C2=O)c(C)c(C)c1C. The lowest BCUT2D eigenvalue weighted by atomic mass is 9.91. The summed E-state index contributed by atoms with van der Waals surface area (Å²) in [6.07, 6.45) is 0. The molecule has 0 spiro atoms. The van der Waals surface area contributed by atoms with Crippen LogP contribution in [0.1, 0.15) is 45.1 Å². The zero-order valence-electron chi connectivity index (χ0n) is 16.6. The fourth-order valence-electron chi connectivity index (χ4n) is 3.55. The summed E-state index contributed by atoms with van der Waals surface area (Å²) in [5.41, 5.74) is 3.61. The van der Waals surface area contributed by atoms with E-state index in [9.17, 15) is 18.8 Å². The summed E-state index contributed by atoms with van der Waals surface area (Å²) >= 11 is 0. The molecule has 2 aromatic rings. The highest BCUT2D eigenvalue weighted by molar-refractivity contribution is 6.11. The number of hydrogen-bond acceptors (Lipinski definition) is 3. The molecule has 1 fully saturated rings. The largest absolute Gasteiger partial charge is 0.325 e. The summed E-state index contributed by atoms with van der Waals surface area (Å²) in [6, 6.07) is 6.54. The van der Waals surface area contributed by atoms with Crippen molar-refractivity contribution in [2.75, 3.05) is 6.54 Å². The zero-order chi connectivity index (χ0) is 20.8. The first kappa shape index (κ1) is 19.7. The number of halogens is 1. The molecule has 146 valence electrons. The average molecular weight is 382 g/mol. The third-order valence-corrected chi connectivity index (χ3v) is 5.78. The molecule has 1 N–H and O–H groups in total. The van der Waals surface area contributed by atoms with E-state index in [2.05, 4.69) is 5.32 Å². The molecule has 1 heterocycles. The molecule has 0 bridgehead atoms. The second kappa shape index (κ2) is 6.86. The Balaban J connectivity index is 1.89. The predicted molar refractivity (Wildman–Crippen MR) is 104 cm³/mol. The van der Waals surface area contributed by atoms with Gasteiger partial charge < -0.3 is 5.32 Å². The molecule has 1 atom stereocenters. The maximum atomic E-state index is 13.2. The maximum absolute atomic E-state index is 13.2. The van der Waals surface area contributed by atoms with Gasteiger partial charge in [0.15, 0.2) is 5.78 Å². The van der Waals surface area contributed by atoms with E-state index in [1.54, 1.807) is 13.0 Å². The first-order chi connectivity index (χ1) is 13.1. The van der Waals surface area contributed by atoms with Crippen molar-refractivity contribution in [2.24, 2.45) is 0 Å². The Kier molecular flexibility index (Phi) is 4.83. The number of ketones is 1. The van der Waals surface area contributed by atoms with Crippen molar-refractivity contribution >= 4 is 17.7 Å². The molecule has 0 saturated carbocycles. The minimum Gasteiger partial charge on any atom is -0.319 e. The molecule has 28 heavy (non-hydrogen) atoms. The Morgan fingerprint density at radius 2 is 1.64 bits per heavy atom. The van der Waals surface area contributed by atoms with Gasteiger partial charge in [0, 0.05) is 5.56 Å². The highest BCUT2D eigenvalue weighted by Crippen LogP contribution is 2.29. The smallest absolute Gasteiger partial charge is 0.319 e. The van der Waals surface area contributed by atoms with E-state index in [0.29, 0.717) is 11.1 Å². The van der Waals surface area contributed by atoms with Crippen molar-refractivity contribution in [3.8, 4) is 0 Å². The third kappa shape index (κ3) is 3.09. The van der Waals surface area contributed by atoms with Crippen LogP contribution in [0.15, 0.2) is 30.3 Å². The molecular weight excluding hydrogens is 359 g/mol. The Morgan fingerprint density at radius 3 is 2.25 bits per heavy atom. The quantitative estimate of drug-likeness (QED) is 0.648. The van der Waals surface area contributed by atoms with Crippen LogP contribution in [0.2, 0.25) is 0 Å². The number of aryl methyl sites for hydroxylation is 1. The Labute approximate surface area is 163 Å². The molecule has 2 aromatic carbocycles. The molecule has 0 aromatic heterocycles. The second-order valence-corrected chi connectivity index (χ2v) is 7.49. The van der Waals surface area contributed by atoms with Gasteiger partial charge >= 0.3 is 6.03 Å². The van der Waals surface area contributed by atoms with Crippen LogP contribution in [0.4, 0.5) is 9.18 Å². The van der Waals surface area contributed by atoms with Gasteiger partial charge in [0.25, 0.3) is 5.91 Å². The van der Waals surface area contributed by atoms with Crippen molar-refractivity contribution in [1.29, 1.82) is 0 Å². The normalized spacial score (nSPS) is 19.1. The molecule has 3 amide bonds. The number of carbonyl (C=O) groups is 3. The molecule has 1 saturated heterocycles. The molecule has 1 unspecified atom stereocenters. The fourth-order valence-corrected chi connectivity index (χ4v) is 3.55. The summed E-state index contributed by atoms with van der Waals surface area (Å²) in [4.78, 5) is 39.2. The number of imide groups is 1. The minimum absolute atomic E-state index is 0.296. The van der Waals surface area contributed by atoms with E-state index < -0.39 is 23.3 Å². The third-order valence-electron chi connectivity index (χ3n) is 5.78. The molecule has 1 aliphatic rings. The van der Waals surface area contributed by atoms with Crippen LogP contribution in [0.5, 0.6) is 0 Å². The van der Waals surface area contributed by atoms with Gasteiger partial charge in [-0.15, -0.1) is 0 Å². The zero-order valence-corrected chi connectivity index (χ0v) is 16.6. The van der Waals surface area contributed by atoms with Gasteiger partial charge in [-0.25, -0.2) is 9.18 Å². The van der Waals surface area contributed by atoms with Crippen LogP contribution in [0.25, 0.3) is 0 Å². The number of urea groups is 1. The van der Waals surface area contributed by atoms with E-state index in [1.807, 2.05) is 27.7 Å². The van der Waals surface area contributed by atoms with E-state index in [-0.39, 0.29) is 12.3 Å². The number of nitrogens with zero attached hydrogens (tertiary/aromatic N) is 1.